The molecule has 7 unspecified atom stereocenters. The van der Waals surface area contributed by atoms with Gasteiger partial charge in [0.2, 0.25) is 0 Å². The Hall–Kier alpha value is -5.80. The van der Waals surface area contributed by atoms with E-state index in [0.717, 1.165) is 23.7 Å². The first-order chi connectivity index (χ1) is 33.2. The molecule has 3 nitrogen and oxygen atoms in total. The first kappa shape index (κ1) is 37.1. The van der Waals surface area contributed by atoms with Crippen LogP contribution in [0.25, 0.3) is 82.6 Å². The van der Waals surface area contributed by atoms with Crippen molar-refractivity contribution in [2.75, 3.05) is 0 Å². The zero-order valence-electron chi connectivity index (χ0n) is 39.8. The zero-order valence-corrected chi connectivity index (χ0v) is 39.8. The molecule has 5 aromatic carbocycles. The van der Waals surface area contributed by atoms with E-state index in [2.05, 4.69) is 135 Å². The van der Waals surface area contributed by atoms with Crippen molar-refractivity contribution < 1.29 is 0 Å². The molecule has 7 atom stereocenters. The number of benzene rings is 5. The monoisotopic (exact) mass is 879 g/mol. The average molecular weight is 880 g/mol. The lowest BCUT2D eigenvalue weighted by molar-refractivity contribution is 0.00321. The molecule has 9 aromatic rings. The van der Waals surface area contributed by atoms with Crippen molar-refractivity contribution in [2.24, 2.45) is 29.1 Å². The predicted octanol–water partition coefficient (Wildman–Crippen LogP) is 16.4. The molecular weight excluding hydrogens is 823 g/mol. The van der Waals surface area contributed by atoms with Crippen LogP contribution in [-0.4, -0.2) is 14.4 Å². The van der Waals surface area contributed by atoms with E-state index in [1.807, 2.05) is 0 Å². The van der Waals surface area contributed by atoms with Gasteiger partial charge in [0.15, 0.2) is 0 Å². The van der Waals surface area contributed by atoms with Gasteiger partial charge in [-0.2, -0.15) is 0 Å². The van der Waals surface area contributed by atoms with E-state index in [0.29, 0.717) is 29.1 Å². The Kier molecular flexibility index (Phi) is 6.44. The van der Waals surface area contributed by atoms with Gasteiger partial charge in [0.05, 0.1) is 28.9 Å². The van der Waals surface area contributed by atoms with Crippen molar-refractivity contribution in [3.05, 3.63) is 148 Å². The van der Waals surface area contributed by atoms with Gasteiger partial charge < -0.3 is 4.40 Å². The quantitative estimate of drug-likeness (QED) is 0.173. The Morgan fingerprint density at radius 2 is 0.926 bits per heavy atom. The third-order valence-corrected chi connectivity index (χ3v) is 21.9. The normalized spacial score (nSPS) is 30.6. The second-order valence-corrected chi connectivity index (χ2v) is 25.3. The lowest BCUT2D eigenvalue weighted by Gasteiger charge is -2.48. The van der Waals surface area contributed by atoms with Gasteiger partial charge in [-0.1, -0.05) is 113 Å². The molecular formula is C65H57N3. The van der Waals surface area contributed by atoms with Crippen LogP contribution in [0.4, 0.5) is 0 Å². The molecule has 68 heavy (non-hydrogen) atoms. The predicted molar refractivity (Wildman–Crippen MR) is 276 cm³/mol. The third kappa shape index (κ3) is 4.05. The maximum Gasteiger partial charge on any atom is 0.0728 e. The van der Waals surface area contributed by atoms with Crippen molar-refractivity contribution in [1.82, 2.24) is 14.4 Å². The van der Waals surface area contributed by atoms with E-state index in [-0.39, 0.29) is 10.8 Å². The summed E-state index contributed by atoms with van der Waals surface area (Å²) in [6.07, 6.45) is 18.3. The van der Waals surface area contributed by atoms with Crippen molar-refractivity contribution in [1.29, 1.82) is 0 Å². The van der Waals surface area contributed by atoms with E-state index < -0.39 is 0 Å². The van der Waals surface area contributed by atoms with Crippen molar-refractivity contribution >= 4 is 38.1 Å². The third-order valence-electron chi connectivity index (χ3n) is 21.9. The molecule has 0 saturated heterocycles. The number of pyridine rings is 2. The topological polar surface area (TPSA) is 30.2 Å². The van der Waals surface area contributed by atoms with Gasteiger partial charge in [0.1, 0.15) is 0 Å². The van der Waals surface area contributed by atoms with Gasteiger partial charge in [0, 0.05) is 55.6 Å². The van der Waals surface area contributed by atoms with Crippen LogP contribution >= 0.6 is 0 Å². The van der Waals surface area contributed by atoms with E-state index in [1.165, 1.54) is 180 Å². The van der Waals surface area contributed by atoms with Gasteiger partial charge >= 0.3 is 0 Å². The minimum atomic E-state index is -0.0987. The highest BCUT2D eigenvalue weighted by atomic mass is 15.0. The smallest absolute Gasteiger partial charge is 0.0728 e. The van der Waals surface area contributed by atoms with Crippen molar-refractivity contribution in [3.8, 4) is 44.5 Å². The van der Waals surface area contributed by atoms with Crippen LogP contribution < -0.4 is 0 Å². The average Bonchev–Trinajstić information content (AvgIpc) is 4.10. The van der Waals surface area contributed by atoms with Gasteiger partial charge in [-0.15, -0.1) is 0 Å². The van der Waals surface area contributed by atoms with E-state index in [1.54, 1.807) is 11.1 Å². The fourth-order valence-electron chi connectivity index (χ4n) is 19.5. The Bertz CT molecular complexity index is 3830. The molecule has 0 aliphatic heterocycles. The van der Waals surface area contributed by atoms with Crippen LogP contribution in [0.2, 0.25) is 0 Å². The lowest BCUT2D eigenvalue weighted by atomic mass is 9.56. The highest BCUT2D eigenvalue weighted by Gasteiger charge is 2.66. The van der Waals surface area contributed by atoms with E-state index >= 15 is 0 Å². The van der Waals surface area contributed by atoms with E-state index in [9.17, 15) is 0 Å². The number of fused-ring (bicyclic) bond motifs is 18. The van der Waals surface area contributed by atoms with Gasteiger partial charge in [-0.3, -0.25) is 9.97 Å². The summed E-state index contributed by atoms with van der Waals surface area (Å²) in [5.41, 5.74) is 27.6. The molecule has 4 aromatic heterocycles. The van der Waals surface area contributed by atoms with Crippen molar-refractivity contribution in [2.45, 2.75) is 126 Å². The Morgan fingerprint density at radius 1 is 0.441 bits per heavy atom. The number of hydrogen-bond donors (Lipinski definition) is 0. The lowest BCUT2D eigenvalue weighted by Crippen LogP contribution is -2.41. The summed E-state index contributed by atoms with van der Waals surface area (Å²) in [7, 11) is 0. The van der Waals surface area contributed by atoms with Crippen molar-refractivity contribution in [3.63, 3.8) is 0 Å². The molecule has 0 radical (unpaired) electrons. The van der Waals surface area contributed by atoms with Gasteiger partial charge in [0.25, 0.3) is 0 Å². The number of rotatable bonds is 2. The largest absolute Gasteiger partial charge is 0.305 e. The number of aromatic nitrogens is 3. The number of nitrogens with zero attached hydrogens (tertiary/aromatic N) is 3. The fraction of sp³-hybridized carbons (Fsp3) is 0.385. The summed E-state index contributed by atoms with van der Waals surface area (Å²) in [6.45, 7) is 9.81. The van der Waals surface area contributed by atoms with Crippen LogP contribution in [0.5, 0.6) is 0 Å². The molecule has 3 heteroatoms. The Morgan fingerprint density at radius 3 is 1.53 bits per heavy atom. The van der Waals surface area contributed by atoms with Crippen LogP contribution in [0, 0.1) is 29.1 Å². The van der Waals surface area contributed by atoms with E-state index in [4.69, 9.17) is 9.97 Å². The van der Waals surface area contributed by atoms with Crippen LogP contribution in [0.1, 0.15) is 160 Å². The highest BCUT2D eigenvalue weighted by molar-refractivity contribution is 6.32. The van der Waals surface area contributed by atoms with Crippen LogP contribution in [-0.2, 0) is 10.8 Å². The molecule has 5 fully saturated rings. The zero-order chi connectivity index (χ0) is 44.5. The summed E-state index contributed by atoms with van der Waals surface area (Å²) in [5.74, 6) is 5.73. The van der Waals surface area contributed by atoms with Crippen LogP contribution in [0.15, 0.2) is 103 Å². The minimum Gasteiger partial charge on any atom is -0.305 e. The summed E-state index contributed by atoms with van der Waals surface area (Å²) < 4.78 is 2.76. The molecule has 10 aliphatic rings. The Labute approximate surface area is 398 Å². The second-order valence-electron chi connectivity index (χ2n) is 25.3. The molecule has 1 spiro atoms. The highest BCUT2D eigenvalue weighted by Crippen LogP contribution is 2.76. The molecule has 0 N–H and O–H groups in total. The number of hydrogen-bond acceptors (Lipinski definition) is 2. The first-order valence-electron chi connectivity index (χ1n) is 26.7. The summed E-state index contributed by atoms with van der Waals surface area (Å²) in [5, 5.41) is 6.00. The Balaban J connectivity index is 1.07. The van der Waals surface area contributed by atoms with Gasteiger partial charge in [-0.05, 0) is 189 Å². The SMILES string of the molecule is CC1(C)c2ccccc2-c2c(-c3cc(-c4cccc5c4-c4ccccc4C5(C)C)c4c5c6c(ncc5n5c7cnc8c(c7c3c45)C3CC4CC(CC8C4)C3)C3CC4CC5CC6CC45C3)cccc21. The maximum absolute atomic E-state index is 5.76. The first-order valence-corrected chi connectivity index (χ1v) is 26.7. The molecule has 7 bridgehead atoms. The molecule has 0 amide bonds. The molecule has 19 rings (SSSR count). The van der Waals surface area contributed by atoms with Crippen LogP contribution in [0.3, 0.4) is 0 Å². The molecule has 5 saturated carbocycles. The molecule has 10 aliphatic carbocycles. The summed E-state index contributed by atoms with van der Waals surface area (Å²) in [6, 6.07) is 36.1. The standard InChI is InChI=1S/C65H57N3/c1-63(2)46-15-7-5-11-42(46)54-40(13-9-17-48(54)63)44-27-45(41-14-10-18-49-55(41)43-12-6-8-16-47(43)64(49,3)4)57-59-51(31-67-61-37-25-39-26-38-24-36(53(59)61)28-65(38,39)29-37)68-50-30-66-60-35-22-32-19-33(23-35)21-34(20-32)52(60)58(50)56(44)62(57)68/h5-18,27,30-39H,19-26,28-29H2,1-4H3. The summed E-state index contributed by atoms with van der Waals surface area (Å²) in [4.78, 5) is 11.5. The summed E-state index contributed by atoms with van der Waals surface area (Å²) >= 11 is 0. The molecule has 4 heterocycles. The fourth-order valence-corrected chi connectivity index (χ4v) is 19.5. The molecule has 332 valence electrons. The van der Waals surface area contributed by atoms with Gasteiger partial charge in [-0.25, -0.2) is 0 Å². The minimum absolute atomic E-state index is 0.0987. The second kappa shape index (κ2) is 11.8. The maximum atomic E-state index is 5.76.